The van der Waals surface area contributed by atoms with Gasteiger partial charge in [-0.15, -0.1) is 0 Å². The number of benzene rings is 1. The number of nitrogens with zero attached hydrogens (tertiary/aromatic N) is 2. The van der Waals surface area contributed by atoms with Crippen molar-refractivity contribution in [1.29, 1.82) is 0 Å². The Morgan fingerprint density at radius 3 is 2.57 bits per heavy atom. The molecule has 0 bridgehead atoms. The van der Waals surface area contributed by atoms with Crippen LogP contribution >= 0.6 is 15.9 Å². The van der Waals surface area contributed by atoms with Gasteiger partial charge < -0.3 is 5.32 Å². The van der Waals surface area contributed by atoms with Crippen LogP contribution in [-0.4, -0.2) is 16.3 Å². The molecular formula is C17H24BrN3. The van der Waals surface area contributed by atoms with Crippen LogP contribution in [0.1, 0.15) is 44.1 Å². The van der Waals surface area contributed by atoms with Crippen molar-refractivity contribution in [2.75, 3.05) is 6.54 Å². The molecule has 0 radical (unpaired) electrons. The van der Waals surface area contributed by atoms with Crippen molar-refractivity contribution in [2.45, 2.75) is 46.6 Å². The molecule has 0 fully saturated rings. The highest BCUT2D eigenvalue weighted by molar-refractivity contribution is 9.10. The highest BCUT2D eigenvalue weighted by Crippen LogP contribution is 2.22. The summed E-state index contributed by atoms with van der Waals surface area (Å²) in [5.74, 6) is 0. The SMILES string of the molecule is CCCNCc1ccc(-n2nc(CC)cc2CC)cc1Br. The third-order valence-electron chi connectivity index (χ3n) is 3.58. The van der Waals surface area contributed by atoms with Gasteiger partial charge in [0, 0.05) is 16.7 Å². The molecule has 0 aliphatic heterocycles. The zero-order valence-corrected chi connectivity index (χ0v) is 14.7. The van der Waals surface area contributed by atoms with Crippen LogP contribution in [-0.2, 0) is 19.4 Å². The molecule has 0 saturated carbocycles. The second kappa shape index (κ2) is 7.76. The molecule has 0 amide bonds. The van der Waals surface area contributed by atoms with E-state index >= 15 is 0 Å². The largest absolute Gasteiger partial charge is 0.313 e. The van der Waals surface area contributed by atoms with Gasteiger partial charge in [0.2, 0.25) is 0 Å². The summed E-state index contributed by atoms with van der Waals surface area (Å²) in [7, 11) is 0. The molecule has 0 atom stereocenters. The van der Waals surface area contributed by atoms with Crippen LogP contribution in [0, 0.1) is 0 Å². The Hall–Kier alpha value is -1.13. The van der Waals surface area contributed by atoms with Gasteiger partial charge in [0.25, 0.3) is 0 Å². The first kappa shape index (κ1) is 16.2. The molecule has 0 aliphatic carbocycles. The second-order valence-electron chi connectivity index (χ2n) is 5.20. The van der Waals surface area contributed by atoms with Gasteiger partial charge in [0.05, 0.1) is 11.4 Å². The number of nitrogens with one attached hydrogen (secondary N) is 1. The second-order valence-corrected chi connectivity index (χ2v) is 6.05. The maximum atomic E-state index is 4.70. The number of rotatable bonds is 7. The van der Waals surface area contributed by atoms with Crippen molar-refractivity contribution in [3.63, 3.8) is 0 Å². The summed E-state index contributed by atoms with van der Waals surface area (Å²) in [4.78, 5) is 0. The quantitative estimate of drug-likeness (QED) is 0.756. The molecule has 1 heterocycles. The van der Waals surface area contributed by atoms with E-state index in [1.54, 1.807) is 0 Å². The number of halogens is 1. The first-order valence-electron chi connectivity index (χ1n) is 7.76. The highest BCUT2D eigenvalue weighted by atomic mass is 79.9. The predicted molar refractivity (Wildman–Crippen MR) is 92.0 cm³/mol. The molecule has 2 aromatic rings. The van der Waals surface area contributed by atoms with Crippen LogP contribution < -0.4 is 5.32 Å². The number of hydrogen-bond acceptors (Lipinski definition) is 2. The maximum Gasteiger partial charge on any atom is 0.0660 e. The molecule has 1 aromatic heterocycles. The van der Waals surface area contributed by atoms with Crippen molar-refractivity contribution in [3.05, 3.63) is 45.7 Å². The normalized spacial score (nSPS) is 11.0. The van der Waals surface area contributed by atoms with Crippen molar-refractivity contribution in [3.8, 4) is 5.69 Å². The van der Waals surface area contributed by atoms with Gasteiger partial charge in [-0.1, -0.05) is 42.8 Å². The Balaban J connectivity index is 2.25. The fraction of sp³-hybridized carbons (Fsp3) is 0.471. The lowest BCUT2D eigenvalue weighted by molar-refractivity contribution is 0.673. The van der Waals surface area contributed by atoms with E-state index in [9.17, 15) is 0 Å². The zero-order valence-electron chi connectivity index (χ0n) is 13.1. The van der Waals surface area contributed by atoms with Gasteiger partial charge >= 0.3 is 0 Å². The summed E-state index contributed by atoms with van der Waals surface area (Å²) in [6, 6.07) is 8.69. The lowest BCUT2D eigenvalue weighted by atomic mass is 10.2. The number of hydrogen-bond donors (Lipinski definition) is 1. The van der Waals surface area contributed by atoms with Gasteiger partial charge in [-0.05, 0) is 49.6 Å². The van der Waals surface area contributed by atoms with Crippen LogP contribution in [0.2, 0.25) is 0 Å². The summed E-state index contributed by atoms with van der Waals surface area (Å²) >= 11 is 3.69. The van der Waals surface area contributed by atoms with Crippen LogP contribution in [0.25, 0.3) is 5.69 Å². The molecule has 0 saturated heterocycles. The molecule has 21 heavy (non-hydrogen) atoms. The smallest absolute Gasteiger partial charge is 0.0660 e. The van der Waals surface area contributed by atoms with E-state index < -0.39 is 0 Å². The fourth-order valence-electron chi connectivity index (χ4n) is 2.33. The van der Waals surface area contributed by atoms with Gasteiger partial charge in [-0.25, -0.2) is 4.68 Å². The third kappa shape index (κ3) is 3.95. The lowest BCUT2D eigenvalue weighted by Gasteiger charge is -2.10. The lowest BCUT2D eigenvalue weighted by Crippen LogP contribution is -2.14. The summed E-state index contributed by atoms with van der Waals surface area (Å²) < 4.78 is 3.20. The molecule has 2 rings (SSSR count). The maximum absolute atomic E-state index is 4.70. The average molecular weight is 350 g/mol. The molecule has 0 spiro atoms. The van der Waals surface area contributed by atoms with Crippen molar-refractivity contribution < 1.29 is 0 Å². The van der Waals surface area contributed by atoms with Crippen molar-refractivity contribution in [2.24, 2.45) is 0 Å². The van der Waals surface area contributed by atoms with E-state index in [4.69, 9.17) is 5.10 Å². The van der Waals surface area contributed by atoms with Crippen molar-refractivity contribution in [1.82, 2.24) is 15.1 Å². The first-order chi connectivity index (χ1) is 10.2. The van der Waals surface area contributed by atoms with E-state index in [0.29, 0.717) is 0 Å². The average Bonchev–Trinajstić information content (AvgIpc) is 2.92. The van der Waals surface area contributed by atoms with Gasteiger partial charge in [0.15, 0.2) is 0 Å². The van der Waals surface area contributed by atoms with E-state index in [0.717, 1.165) is 48.2 Å². The van der Waals surface area contributed by atoms with Crippen LogP contribution in [0.4, 0.5) is 0 Å². The molecule has 114 valence electrons. The van der Waals surface area contributed by atoms with Crippen LogP contribution in [0.5, 0.6) is 0 Å². The zero-order chi connectivity index (χ0) is 15.2. The standard InChI is InChI=1S/C17H24BrN3/c1-4-9-19-12-13-7-8-16(11-17(13)18)21-15(6-3)10-14(5-2)20-21/h7-8,10-11,19H,4-6,9,12H2,1-3H3. The van der Waals surface area contributed by atoms with E-state index in [1.807, 2.05) is 0 Å². The van der Waals surface area contributed by atoms with Gasteiger partial charge in [-0.2, -0.15) is 5.10 Å². The topological polar surface area (TPSA) is 29.9 Å². The van der Waals surface area contributed by atoms with E-state index in [-0.39, 0.29) is 0 Å². The Morgan fingerprint density at radius 1 is 1.14 bits per heavy atom. The highest BCUT2D eigenvalue weighted by Gasteiger charge is 2.09. The fourth-order valence-corrected chi connectivity index (χ4v) is 2.84. The number of aromatic nitrogens is 2. The van der Waals surface area contributed by atoms with Crippen LogP contribution in [0.3, 0.4) is 0 Å². The minimum Gasteiger partial charge on any atom is -0.313 e. The molecule has 1 aromatic carbocycles. The third-order valence-corrected chi connectivity index (χ3v) is 4.32. The molecule has 3 nitrogen and oxygen atoms in total. The molecule has 0 aliphatic rings. The Morgan fingerprint density at radius 2 is 1.95 bits per heavy atom. The molecular weight excluding hydrogens is 326 g/mol. The van der Waals surface area contributed by atoms with Crippen LogP contribution in [0.15, 0.2) is 28.7 Å². The van der Waals surface area contributed by atoms with Gasteiger partial charge in [0.1, 0.15) is 0 Å². The Labute approximate surface area is 135 Å². The Bertz CT molecular complexity index is 590. The van der Waals surface area contributed by atoms with Crippen molar-refractivity contribution >= 4 is 15.9 Å². The molecule has 1 N–H and O–H groups in total. The molecule has 4 heteroatoms. The predicted octanol–water partition coefficient (Wildman–Crippen LogP) is 4.26. The summed E-state index contributed by atoms with van der Waals surface area (Å²) in [5.41, 5.74) is 4.82. The summed E-state index contributed by atoms with van der Waals surface area (Å²) in [6.45, 7) is 8.44. The monoisotopic (exact) mass is 349 g/mol. The first-order valence-corrected chi connectivity index (χ1v) is 8.56. The summed E-state index contributed by atoms with van der Waals surface area (Å²) in [5, 5.41) is 8.13. The minimum atomic E-state index is 0.897. The minimum absolute atomic E-state index is 0.897. The van der Waals surface area contributed by atoms with Gasteiger partial charge in [-0.3, -0.25) is 0 Å². The molecule has 0 unspecified atom stereocenters. The Kier molecular flexibility index (Phi) is 6.00. The summed E-state index contributed by atoms with van der Waals surface area (Å²) in [6.07, 6.45) is 3.12. The van der Waals surface area contributed by atoms with E-state index in [2.05, 4.69) is 71.0 Å². The number of aryl methyl sites for hydroxylation is 2. The van der Waals surface area contributed by atoms with E-state index in [1.165, 1.54) is 11.3 Å².